The van der Waals surface area contributed by atoms with Gasteiger partial charge in [0, 0.05) is 5.69 Å². The van der Waals surface area contributed by atoms with Crippen molar-refractivity contribution in [2.24, 2.45) is 10.7 Å². The fourth-order valence-electron chi connectivity index (χ4n) is 2.12. The van der Waals surface area contributed by atoms with Crippen LogP contribution in [0, 0.1) is 20.8 Å². The van der Waals surface area contributed by atoms with Crippen molar-refractivity contribution < 1.29 is 4.79 Å². The summed E-state index contributed by atoms with van der Waals surface area (Å²) >= 11 is 0. The summed E-state index contributed by atoms with van der Waals surface area (Å²) in [7, 11) is 0. The number of amides is 2. The highest BCUT2D eigenvalue weighted by molar-refractivity contribution is 6.03. The average molecular weight is 296 g/mol. The molecule has 0 aliphatic heterocycles. The number of carbonyl (C=O) groups is 1. The molecule has 4 N–H and O–H groups in total. The topological polar surface area (TPSA) is 79.5 Å². The minimum atomic E-state index is -0.410. The van der Waals surface area contributed by atoms with Gasteiger partial charge in [0.2, 0.25) is 5.96 Å². The fourth-order valence-corrected chi connectivity index (χ4v) is 2.12. The first-order chi connectivity index (χ1) is 10.5. The summed E-state index contributed by atoms with van der Waals surface area (Å²) in [5.74, 6) is 0.0537. The van der Waals surface area contributed by atoms with Gasteiger partial charge in [0.1, 0.15) is 0 Å². The lowest BCUT2D eigenvalue weighted by atomic mass is 10.1. The lowest BCUT2D eigenvalue weighted by Gasteiger charge is -2.12. The van der Waals surface area contributed by atoms with Crippen molar-refractivity contribution >= 4 is 23.4 Å². The molecule has 2 rings (SSSR count). The molecule has 5 nitrogen and oxygen atoms in total. The molecule has 5 heteroatoms. The Balaban J connectivity index is 2.08. The number of guanidine groups is 1. The Kier molecular flexibility index (Phi) is 4.78. The number of benzene rings is 2. The highest BCUT2D eigenvalue weighted by Gasteiger charge is 2.08. The van der Waals surface area contributed by atoms with Crippen LogP contribution in [-0.2, 0) is 0 Å². The summed E-state index contributed by atoms with van der Waals surface area (Å²) in [6.45, 7) is 5.81. The quantitative estimate of drug-likeness (QED) is 0.586. The highest BCUT2D eigenvalue weighted by Crippen LogP contribution is 2.19. The number of nitrogens with one attached hydrogen (secondary N) is 2. The zero-order chi connectivity index (χ0) is 16.1. The molecule has 0 atom stereocenters. The Morgan fingerprint density at radius 1 is 0.955 bits per heavy atom. The highest BCUT2D eigenvalue weighted by atomic mass is 16.2. The number of aliphatic imine (C=N–C) groups is 1. The molecule has 22 heavy (non-hydrogen) atoms. The molecule has 0 spiro atoms. The van der Waals surface area contributed by atoms with E-state index in [0.29, 0.717) is 0 Å². The van der Waals surface area contributed by atoms with Crippen molar-refractivity contribution in [3.05, 3.63) is 59.2 Å². The number of carbonyl (C=O) groups excluding carboxylic acids is 1. The molecule has 0 bridgehead atoms. The van der Waals surface area contributed by atoms with Gasteiger partial charge in [-0.15, -0.1) is 0 Å². The number of aryl methyl sites for hydroxylation is 3. The second kappa shape index (κ2) is 6.76. The number of hydrogen-bond donors (Lipinski definition) is 3. The Morgan fingerprint density at radius 2 is 1.55 bits per heavy atom. The third-order valence-corrected chi connectivity index (χ3v) is 3.32. The molecule has 114 valence electrons. The first kappa shape index (κ1) is 15.6. The van der Waals surface area contributed by atoms with E-state index in [1.54, 1.807) is 0 Å². The smallest absolute Gasteiger partial charge is 0.326 e. The molecule has 0 saturated heterocycles. The van der Waals surface area contributed by atoms with E-state index < -0.39 is 6.03 Å². The zero-order valence-corrected chi connectivity index (χ0v) is 13.0. The Bertz CT molecular complexity index is 702. The number of nitrogens with two attached hydrogens (primary N) is 1. The van der Waals surface area contributed by atoms with Crippen LogP contribution >= 0.6 is 0 Å². The van der Waals surface area contributed by atoms with Crippen LogP contribution in [0.3, 0.4) is 0 Å². The molecule has 0 radical (unpaired) electrons. The predicted octanol–water partition coefficient (Wildman–Crippen LogP) is 3.38. The monoisotopic (exact) mass is 296 g/mol. The third-order valence-electron chi connectivity index (χ3n) is 3.32. The summed E-state index contributed by atoms with van der Waals surface area (Å²) in [5.41, 5.74) is 10.3. The third kappa shape index (κ3) is 3.85. The standard InChI is InChI=1S/C17H20N4O/c1-11-7-4-5-10-14(11)19-16(18)21-17(22)20-15-12(2)8-6-9-13(15)3/h4-10H,1-3H3,(H4,18,19,20,21,22). The van der Waals surface area contributed by atoms with Gasteiger partial charge < -0.3 is 11.1 Å². The number of urea groups is 1. The van der Waals surface area contributed by atoms with Gasteiger partial charge >= 0.3 is 6.03 Å². The van der Waals surface area contributed by atoms with Crippen LogP contribution < -0.4 is 16.4 Å². The number of hydrogen-bond acceptors (Lipinski definition) is 2. The zero-order valence-electron chi connectivity index (χ0n) is 13.0. The van der Waals surface area contributed by atoms with Crippen LogP contribution in [0.25, 0.3) is 0 Å². The Hall–Kier alpha value is -2.82. The Morgan fingerprint density at radius 3 is 2.18 bits per heavy atom. The molecule has 0 fully saturated rings. The lowest BCUT2D eigenvalue weighted by molar-refractivity contribution is 0.256. The summed E-state index contributed by atoms with van der Waals surface area (Å²) < 4.78 is 0. The number of rotatable bonds is 2. The van der Waals surface area contributed by atoms with Gasteiger partial charge in [-0.25, -0.2) is 9.79 Å². The Labute approximate surface area is 130 Å². The summed E-state index contributed by atoms with van der Waals surface area (Å²) in [6.07, 6.45) is 0. The van der Waals surface area contributed by atoms with Crippen molar-refractivity contribution in [2.45, 2.75) is 20.8 Å². The molecule has 2 amide bonds. The largest absolute Gasteiger partial charge is 0.369 e. The van der Waals surface area contributed by atoms with E-state index >= 15 is 0 Å². The molecule has 0 aliphatic rings. The number of para-hydroxylation sites is 2. The summed E-state index contributed by atoms with van der Waals surface area (Å²) in [4.78, 5) is 16.2. The average Bonchev–Trinajstić information content (AvgIpc) is 2.45. The van der Waals surface area contributed by atoms with Gasteiger partial charge in [0.05, 0.1) is 5.69 Å². The SMILES string of the molecule is Cc1ccccc1N=C(N)NC(=O)Nc1c(C)cccc1C. The van der Waals surface area contributed by atoms with Crippen molar-refractivity contribution in [3.8, 4) is 0 Å². The second-order valence-electron chi connectivity index (χ2n) is 5.13. The van der Waals surface area contributed by atoms with Gasteiger partial charge in [0.25, 0.3) is 0 Å². The van der Waals surface area contributed by atoms with Crippen molar-refractivity contribution in [3.63, 3.8) is 0 Å². The maximum atomic E-state index is 12.0. The van der Waals surface area contributed by atoms with E-state index in [-0.39, 0.29) is 5.96 Å². The van der Waals surface area contributed by atoms with Crippen LogP contribution in [0.4, 0.5) is 16.2 Å². The van der Waals surface area contributed by atoms with Gasteiger partial charge in [-0.3, -0.25) is 5.32 Å². The minimum Gasteiger partial charge on any atom is -0.369 e. The maximum Gasteiger partial charge on any atom is 0.326 e. The molecular weight excluding hydrogens is 276 g/mol. The number of anilines is 1. The summed E-state index contributed by atoms with van der Waals surface area (Å²) in [6, 6.07) is 13.0. The van der Waals surface area contributed by atoms with Crippen molar-refractivity contribution in [1.29, 1.82) is 0 Å². The van der Waals surface area contributed by atoms with E-state index in [9.17, 15) is 4.79 Å². The van der Waals surface area contributed by atoms with Gasteiger partial charge in [-0.05, 0) is 43.5 Å². The minimum absolute atomic E-state index is 0.0537. The van der Waals surface area contributed by atoms with Crippen molar-refractivity contribution in [1.82, 2.24) is 5.32 Å². The normalized spacial score (nSPS) is 11.1. The van der Waals surface area contributed by atoms with E-state index in [2.05, 4.69) is 15.6 Å². The summed E-state index contributed by atoms with van der Waals surface area (Å²) in [5, 5.41) is 5.34. The first-order valence-electron chi connectivity index (χ1n) is 7.01. The van der Waals surface area contributed by atoms with E-state index in [0.717, 1.165) is 28.1 Å². The van der Waals surface area contributed by atoms with Crippen LogP contribution in [0.2, 0.25) is 0 Å². The van der Waals surface area contributed by atoms with E-state index in [1.807, 2.05) is 63.2 Å². The van der Waals surface area contributed by atoms with Crippen LogP contribution in [0.5, 0.6) is 0 Å². The van der Waals surface area contributed by atoms with Crippen LogP contribution in [-0.4, -0.2) is 12.0 Å². The van der Waals surface area contributed by atoms with E-state index in [4.69, 9.17) is 5.73 Å². The first-order valence-corrected chi connectivity index (χ1v) is 7.01. The lowest BCUT2D eigenvalue weighted by Crippen LogP contribution is -2.39. The molecule has 0 unspecified atom stereocenters. The molecule has 0 aromatic heterocycles. The van der Waals surface area contributed by atoms with Crippen LogP contribution in [0.1, 0.15) is 16.7 Å². The molecule has 0 saturated carbocycles. The molecular formula is C17H20N4O. The fraction of sp³-hybridized carbons (Fsp3) is 0.176. The van der Waals surface area contributed by atoms with Crippen molar-refractivity contribution in [2.75, 3.05) is 5.32 Å². The maximum absolute atomic E-state index is 12.0. The van der Waals surface area contributed by atoms with Gasteiger partial charge in [-0.1, -0.05) is 36.4 Å². The predicted molar refractivity (Wildman–Crippen MR) is 90.5 cm³/mol. The number of nitrogens with zero attached hydrogens (tertiary/aromatic N) is 1. The molecule has 0 aliphatic carbocycles. The molecule has 2 aromatic rings. The van der Waals surface area contributed by atoms with Crippen LogP contribution in [0.15, 0.2) is 47.5 Å². The van der Waals surface area contributed by atoms with Gasteiger partial charge in [-0.2, -0.15) is 0 Å². The molecule has 0 heterocycles. The second-order valence-corrected chi connectivity index (χ2v) is 5.13. The van der Waals surface area contributed by atoms with Gasteiger partial charge in [0.15, 0.2) is 0 Å². The molecule has 2 aromatic carbocycles. The van der Waals surface area contributed by atoms with E-state index in [1.165, 1.54) is 0 Å².